The molecular formula is C30H33Cl2N5O2. The summed E-state index contributed by atoms with van der Waals surface area (Å²) in [5.41, 5.74) is 4.91. The molecule has 1 aliphatic heterocycles. The maximum absolute atomic E-state index is 12.7. The second-order valence-corrected chi connectivity index (χ2v) is 10.2. The number of carbonyl (C=O) groups is 1. The van der Waals surface area contributed by atoms with E-state index in [2.05, 4.69) is 32.1 Å². The highest BCUT2D eigenvalue weighted by Crippen LogP contribution is 2.39. The van der Waals surface area contributed by atoms with Crippen LogP contribution in [-0.4, -0.2) is 59.0 Å². The van der Waals surface area contributed by atoms with Crippen LogP contribution in [0.4, 0.5) is 17.2 Å². The number of nitrogens with zero attached hydrogens (tertiary/aromatic N) is 4. The quantitative estimate of drug-likeness (QED) is 0.245. The lowest BCUT2D eigenvalue weighted by molar-refractivity contribution is 0.101. The molecule has 4 aromatic rings. The minimum atomic E-state index is -0.154. The lowest BCUT2D eigenvalue weighted by atomic mass is 9.98. The number of nitrogens with one attached hydrogen (secondary N) is 1. The summed E-state index contributed by atoms with van der Waals surface area (Å²) in [5.74, 6) is 0.695. The molecule has 204 valence electrons. The Morgan fingerprint density at radius 1 is 0.974 bits per heavy atom. The predicted octanol–water partition coefficient (Wildman–Crippen LogP) is 7.34. The van der Waals surface area contributed by atoms with Crippen molar-refractivity contribution in [2.45, 2.75) is 27.7 Å². The van der Waals surface area contributed by atoms with E-state index in [9.17, 15) is 9.90 Å². The maximum atomic E-state index is 12.7. The van der Waals surface area contributed by atoms with E-state index < -0.39 is 0 Å². The molecule has 2 N–H and O–H groups in total. The van der Waals surface area contributed by atoms with Gasteiger partial charge in [0.05, 0.1) is 44.4 Å². The van der Waals surface area contributed by atoms with Crippen LogP contribution in [0.15, 0.2) is 48.7 Å². The number of phenols is 1. The zero-order valence-corrected chi connectivity index (χ0v) is 24.4. The van der Waals surface area contributed by atoms with Crippen LogP contribution < -0.4 is 10.2 Å². The Kier molecular flexibility index (Phi) is 8.95. The van der Waals surface area contributed by atoms with E-state index >= 15 is 0 Å². The summed E-state index contributed by atoms with van der Waals surface area (Å²) in [6.07, 6.45) is 1.79. The van der Waals surface area contributed by atoms with Crippen LogP contribution in [0.3, 0.4) is 0 Å². The first-order valence-corrected chi connectivity index (χ1v) is 13.8. The molecule has 3 heterocycles. The Labute approximate surface area is 239 Å². The van der Waals surface area contributed by atoms with Gasteiger partial charge in [0.25, 0.3) is 0 Å². The van der Waals surface area contributed by atoms with E-state index in [0.717, 1.165) is 59.7 Å². The summed E-state index contributed by atoms with van der Waals surface area (Å²) in [5, 5.41) is 14.5. The normalized spacial score (nSPS) is 13.7. The first-order valence-electron chi connectivity index (χ1n) is 13.0. The molecule has 1 saturated heterocycles. The van der Waals surface area contributed by atoms with Crippen LogP contribution in [0.1, 0.15) is 36.8 Å². The number of rotatable bonds is 5. The average molecular weight is 567 g/mol. The Hall–Kier alpha value is -3.39. The van der Waals surface area contributed by atoms with Crippen LogP contribution in [-0.2, 0) is 0 Å². The van der Waals surface area contributed by atoms with Gasteiger partial charge in [0.2, 0.25) is 0 Å². The van der Waals surface area contributed by atoms with Crippen molar-refractivity contribution in [2.75, 3.05) is 43.4 Å². The SMILES string of the molecule is CC.CC(=O)c1c(C)nc2ccc(-c3cc(Cl)c(O)c(Cl)c3)cc2c1Nc1ccc(N2CCN(C)CC2)nc1. The van der Waals surface area contributed by atoms with Crippen molar-refractivity contribution in [1.29, 1.82) is 0 Å². The van der Waals surface area contributed by atoms with E-state index in [0.29, 0.717) is 16.9 Å². The fourth-order valence-corrected chi connectivity index (χ4v) is 5.17. The molecule has 9 heteroatoms. The zero-order valence-electron chi connectivity index (χ0n) is 22.8. The molecule has 2 aromatic heterocycles. The van der Waals surface area contributed by atoms with Crippen molar-refractivity contribution in [3.8, 4) is 16.9 Å². The standard InChI is InChI=1S/C28H27Cl2N5O2.C2H6/c1-16-26(17(2)36)27(33-20-5-7-25(31-15-20)35-10-8-34(3)9-11-35)21-12-18(4-6-24(21)32-16)19-13-22(29)28(37)23(30)14-19;1-2/h4-7,12-15,37H,8-11H2,1-3H3,(H,32,33);1-2H3. The minimum Gasteiger partial charge on any atom is -0.505 e. The van der Waals surface area contributed by atoms with Gasteiger partial charge in [-0.1, -0.05) is 43.1 Å². The van der Waals surface area contributed by atoms with Gasteiger partial charge in [-0.15, -0.1) is 0 Å². The molecule has 0 unspecified atom stereocenters. The highest BCUT2D eigenvalue weighted by Gasteiger charge is 2.19. The van der Waals surface area contributed by atoms with Crippen molar-refractivity contribution >= 4 is 57.1 Å². The lowest BCUT2D eigenvalue weighted by Crippen LogP contribution is -2.44. The van der Waals surface area contributed by atoms with Crippen molar-refractivity contribution in [1.82, 2.24) is 14.9 Å². The molecule has 7 nitrogen and oxygen atoms in total. The average Bonchev–Trinajstić information content (AvgIpc) is 2.93. The van der Waals surface area contributed by atoms with Crippen LogP contribution in [0, 0.1) is 6.92 Å². The number of carbonyl (C=O) groups excluding carboxylic acids is 1. The largest absolute Gasteiger partial charge is 0.505 e. The van der Waals surface area contributed by atoms with E-state index in [1.165, 1.54) is 0 Å². The summed E-state index contributed by atoms with van der Waals surface area (Å²) in [6.45, 7) is 11.3. The summed E-state index contributed by atoms with van der Waals surface area (Å²) in [6, 6.07) is 13.1. The number of aryl methyl sites for hydroxylation is 1. The van der Waals surface area contributed by atoms with Crippen LogP contribution in [0.5, 0.6) is 5.75 Å². The second kappa shape index (κ2) is 12.2. The third-order valence-electron chi connectivity index (χ3n) is 6.71. The van der Waals surface area contributed by atoms with Crippen molar-refractivity contribution in [3.63, 3.8) is 0 Å². The van der Waals surface area contributed by atoms with Gasteiger partial charge >= 0.3 is 0 Å². The topological polar surface area (TPSA) is 81.6 Å². The van der Waals surface area contributed by atoms with Crippen molar-refractivity contribution in [3.05, 3.63) is 70.0 Å². The highest BCUT2D eigenvalue weighted by molar-refractivity contribution is 6.37. The Bertz CT molecular complexity index is 1480. The highest BCUT2D eigenvalue weighted by atomic mass is 35.5. The Morgan fingerprint density at radius 2 is 1.64 bits per heavy atom. The maximum Gasteiger partial charge on any atom is 0.163 e. The summed E-state index contributed by atoms with van der Waals surface area (Å²) < 4.78 is 0. The van der Waals surface area contributed by atoms with Gasteiger partial charge in [0, 0.05) is 31.6 Å². The molecule has 0 radical (unpaired) electrons. The third-order valence-corrected chi connectivity index (χ3v) is 7.29. The fraction of sp³-hybridized carbons (Fsp3) is 0.300. The number of anilines is 3. The van der Waals surface area contributed by atoms with Gasteiger partial charge in [-0.25, -0.2) is 4.98 Å². The molecule has 1 aliphatic rings. The third kappa shape index (κ3) is 6.11. The molecule has 0 saturated carbocycles. The van der Waals surface area contributed by atoms with E-state index in [1.54, 1.807) is 25.3 Å². The Morgan fingerprint density at radius 3 is 2.23 bits per heavy atom. The number of fused-ring (bicyclic) bond motifs is 1. The van der Waals surface area contributed by atoms with Gasteiger partial charge in [-0.3, -0.25) is 9.78 Å². The number of hydrogen-bond acceptors (Lipinski definition) is 7. The van der Waals surface area contributed by atoms with E-state index in [1.807, 2.05) is 51.1 Å². The zero-order chi connectivity index (χ0) is 28.3. The number of aromatic hydroxyl groups is 1. The van der Waals surface area contributed by atoms with Crippen molar-refractivity contribution in [2.24, 2.45) is 0 Å². The van der Waals surface area contributed by atoms with E-state index in [4.69, 9.17) is 23.2 Å². The number of hydrogen-bond donors (Lipinski definition) is 2. The first kappa shape index (κ1) is 28.6. The minimum absolute atomic E-state index is 0.0856. The second-order valence-electron chi connectivity index (χ2n) is 9.34. The lowest BCUT2D eigenvalue weighted by Gasteiger charge is -2.33. The molecule has 0 atom stereocenters. The predicted molar refractivity (Wildman–Crippen MR) is 162 cm³/mol. The van der Waals surface area contributed by atoms with Gasteiger partial charge in [0.15, 0.2) is 11.5 Å². The van der Waals surface area contributed by atoms with Crippen LogP contribution >= 0.6 is 23.2 Å². The van der Waals surface area contributed by atoms with Crippen LogP contribution in [0.2, 0.25) is 10.0 Å². The first-order chi connectivity index (χ1) is 18.7. The summed E-state index contributed by atoms with van der Waals surface area (Å²) in [4.78, 5) is 26.7. The van der Waals surface area contributed by atoms with Gasteiger partial charge in [-0.2, -0.15) is 0 Å². The number of Topliss-reactive ketones (excluding diaryl/α,β-unsaturated/α-hetero) is 1. The Balaban J connectivity index is 0.00000172. The van der Waals surface area contributed by atoms with Gasteiger partial charge < -0.3 is 20.2 Å². The number of halogens is 2. The van der Waals surface area contributed by atoms with Crippen LogP contribution in [0.25, 0.3) is 22.0 Å². The number of pyridine rings is 2. The molecule has 0 spiro atoms. The summed E-state index contributed by atoms with van der Waals surface area (Å²) >= 11 is 12.3. The number of piperazine rings is 1. The fourth-order valence-electron chi connectivity index (χ4n) is 4.69. The smallest absolute Gasteiger partial charge is 0.163 e. The molecule has 1 fully saturated rings. The number of ketones is 1. The van der Waals surface area contributed by atoms with E-state index in [-0.39, 0.29) is 21.6 Å². The van der Waals surface area contributed by atoms with Crippen molar-refractivity contribution < 1.29 is 9.90 Å². The number of phenolic OH excluding ortho intramolecular Hbond substituents is 1. The summed E-state index contributed by atoms with van der Waals surface area (Å²) in [7, 11) is 2.13. The van der Waals surface area contributed by atoms with Gasteiger partial charge in [-0.05, 0) is 68.4 Å². The number of aromatic nitrogens is 2. The molecule has 0 amide bonds. The monoisotopic (exact) mass is 565 g/mol. The molecule has 0 aliphatic carbocycles. The number of benzene rings is 2. The molecular weight excluding hydrogens is 533 g/mol. The molecule has 5 rings (SSSR count). The molecule has 2 aromatic carbocycles. The number of likely N-dealkylation sites (N-methyl/N-ethyl adjacent to an activating group) is 1. The molecule has 0 bridgehead atoms. The van der Waals surface area contributed by atoms with Gasteiger partial charge in [0.1, 0.15) is 5.82 Å². The molecule has 39 heavy (non-hydrogen) atoms.